The zero-order valence-electron chi connectivity index (χ0n) is 12.9. The Morgan fingerprint density at radius 3 is 2.79 bits per heavy atom. The summed E-state index contributed by atoms with van der Waals surface area (Å²) in [4.78, 5) is 29.5. The molecule has 24 heavy (non-hydrogen) atoms. The van der Waals surface area contributed by atoms with Crippen molar-refractivity contribution in [1.29, 1.82) is 0 Å². The molecule has 5 nitrogen and oxygen atoms in total. The number of aromatic nitrogens is 1. The fraction of sp³-hybridized carbons (Fsp3) is 0.353. The highest BCUT2D eigenvalue weighted by Gasteiger charge is 2.29. The van der Waals surface area contributed by atoms with E-state index in [-0.39, 0.29) is 18.3 Å². The molecule has 7 heteroatoms. The molecule has 1 amide bonds. The normalized spacial score (nSPS) is 17.7. The lowest BCUT2D eigenvalue weighted by molar-refractivity contribution is -0.143. The van der Waals surface area contributed by atoms with Crippen molar-refractivity contribution in [2.75, 3.05) is 13.1 Å². The van der Waals surface area contributed by atoms with Crippen LogP contribution in [0.4, 0.5) is 4.39 Å². The standard InChI is InChI=1S/C17H17FN2O3S/c18-13-5-3-11(4-6-13)8-15-19-14(10-24-15)16(21)20-7-1-2-12(9-20)17(22)23/h3-6,10,12H,1-2,7-9H2,(H,22,23)/t12-/m1/s1. The van der Waals surface area contributed by atoms with Crippen molar-refractivity contribution in [3.63, 3.8) is 0 Å². The first-order chi connectivity index (χ1) is 11.5. The van der Waals surface area contributed by atoms with Crippen molar-refractivity contribution < 1.29 is 19.1 Å². The highest BCUT2D eigenvalue weighted by molar-refractivity contribution is 7.09. The number of carboxylic acid groups (broad SMARTS) is 1. The van der Waals surface area contributed by atoms with E-state index in [1.54, 1.807) is 22.4 Å². The largest absolute Gasteiger partial charge is 0.481 e. The number of halogens is 1. The molecule has 0 bridgehead atoms. The second-order valence-corrected chi connectivity index (χ2v) is 6.80. The first kappa shape index (κ1) is 16.6. The molecular weight excluding hydrogens is 331 g/mol. The van der Waals surface area contributed by atoms with Crippen LogP contribution in [0.5, 0.6) is 0 Å². The quantitative estimate of drug-likeness (QED) is 0.922. The number of thiazole rings is 1. The van der Waals surface area contributed by atoms with Gasteiger partial charge in [-0.2, -0.15) is 0 Å². The van der Waals surface area contributed by atoms with Gasteiger partial charge in [-0.25, -0.2) is 9.37 Å². The smallest absolute Gasteiger partial charge is 0.308 e. The number of carboxylic acids is 1. The fourth-order valence-corrected chi connectivity index (χ4v) is 3.59. The summed E-state index contributed by atoms with van der Waals surface area (Å²) in [5, 5.41) is 11.6. The molecule has 1 aliphatic rings. The van der Waals surface area contributed by atoms with Gasteiger partial charge in [0.2, 0.25) is 0 Å². The van der Waals surface area contributed by atoms with Crippen LogP contribution in [0.3, 0.4) is 0 Å². The van der Waals surface area contributed by atoms with Crippen LogP contribution in [0.1, 0.15) is 33.9 Å². The molecule has 1 aromatic carbocycles. The van der Waals surface area contributed by atoms with E-state index in [1.165, 1.54) is 23.5 Å². The highest BCUT2D eigenvalue weighted by atomic mass is 32.1. The van der Waals surface area contributed by atoms with E-state index in [9.17, 15) is 14.0 Å². The van der Waals surface area contributed by atoms with E-state index in [4.69, 9.17) is 5.11 Å². The molecule has 1 fully saturated rings. The first-order valence-corrected chi connectivity index (χ1v) is 8.62. The van der Waals surface area contributed by atoms with Gasteiger partial charge in [-0.15, -0.1) is 11.3 Å². The van der Waals surface area contributed by atoms with Crippen LogP contribution in [0.25, 0.3) is 0 Å². The van der Waals surface area contributed by atoms with Gasteiger partial charge in [0.15, 0.2) is 0 Å². The lowest BCUT2D eigenvalue weighted by Gasteiger charge is -2.30. The molecule has 126 valence electrons. The average Bonchev–Trinajstić information content (AvgIpc) is 3.05. The van der Waals surface area contributed by atoms with Crippen molar-refractivity contribution in [3.8, 4) is 0 Å². The zero-order valence-corrected chi connectivity index (χ0v) is 13.8. The molecular formula is C17H17FN2O3S. The van der Waals surface area contributed by atoms with Gasteiger partial charge in [-0.3, -0.25) is 9.59 Å². The zero-order chi connectivity index (χ0) is 17.1. The van der Waals surface area contributed by atoms with Gasteiger partial charge >= 0.3 is 5.97 Å². The average molecular weight is 348 g/mol. The van der Waals surface area contributed by atoms with Crippen molar-refractivity contribution >= 4 is 23.2 Å². The maximum atomic E-state index is 12.9. The molecule has 0 saturated carbocycles. The minimum Gasteiger partial charge on any atom is -0.481 e. The maximum Gasteiger partial charge on any atom is 0.308 e. The highest BCUT2D eigenvalue weighted by Crippen LogP contribution is 2.21. The van der Waals surface area contributed by atoms with Gasteiger partial charge in [0, 0.05) is 24.9 Å². The van der Waals surface area contributed by atoms with Crippen LogP contribution in [0.15, 0.2) is 29.6 Å². The Balaban J connectivity index is 1.67. The molecule has 0 spiro atoms. The van der Waals surface area contributed by atoms with Gasteiger partial charge in [-0.05, 0) is 30.5 Å². The summed E-state index contributed by atoms with van der Waals surface area (Å²) in [6.45, 7) is 0.798. The van der Waals surface area contributed by atoms with Crippen LogP contribution in [0, 0.1) is 11.7 Å². The Bertz CT molecular complexity index is 745. The Morgan fingerprint density at radius 1 is 1.33 bits per heavy atom. The molecule has 1 aliphatic heterocycles. The van der Waals surface area contributed by atoms with Crippen molar-refractivity contribution in [1.82, 2.24) is 9.88 Å². The third kappa shape index (κ3) is 3.79. The number of benzene rings is 1. The summed E-state index contributed by atoms with van der Waals surface area (Å²) in [7, 11) is 0. The second-order valence-electron chi connectivity index (χ2n) is 5.86. The van der Waals surface area contributed by atoms with Gasteiger partial charge in [0.1, 0.15) is 11.5 Å². The van der Waals surface area contributed by atoms with E-state index in [0.29, 0.717) is 31.5 Å². The first-order valence-electron chi connectivity index (χ1n) is 7.74. The fourth-order valence-electron chi connectivity index (χ4n) is 2.79. The van der Waals surface area contributed by atoms with Gasteiger partial charge in [0.05, 0.1) is 10.9 Å². The summed E-state index contributed by atoms with van der Waals surface area (Å²) in [6.07, 6.45) is 1.83. The molecule has 1 saturated heterocycles. The molecule has 1 N–H and O–H groups in total. The van der Waals surface area contributed by atoms with Gasteiger partial charge in [-0.1, -0.05) is 12.1 Å². The number of carbonyl (C=O) groups excluding carboxylic acids is 1. The topological polar surface area (TPSA) is 70.5 Å². The van der Waals surface area contributed by atoms with Crippen molar-refractivity contribution in [3.05, 3.63) is 51.7 Å². The minimum absolute atomic E-state index is 0.220. The number of hydrogen-bond acceptors (Lipinski definition) is 4. The molecule has 2 aromatic rings. The maximum absolute atomic E-state index is 12.9. The predicted octanol–water partition coefficient (Wildman–Crippen LogP) is 2.81. The Kier molecular flexibility index (Phi) is 4.89. The monoisotopic (exact) mass is 348 g/mol. The third-order valence-corrected chi connectivity index (χ3v) is 4.95. The number of aliphatic carboxylic acids is 1. The summed E-state index contributed by atoms with van der Waals surface area (Å²) < 4.78 is 12.9. The van der Waals surface area contributed by atoms with E-state index >= 15 is 0 Å². The van der Waals surface area contributed by atoms with Crippen LogP contribution >= 0.6 is 11.3 Å². The number of amides is 1. The van der Waals surface area contributed by atoms with E-state index in [0.717, 1.165) is 10.6 Å². The van der Waals surface area contributed by atoms with Crippen LogP contribution in [-0.2, 0) is 11.2 Å². The van der Waals surface area contributed by atoms with E-state index in [1.807, 2.05) is 0 Å². The van der Waals surface area contributed by atoms with Crippen LogP contribution in [-0.4, -0.2) is 40.0 Å². The molecule has 0 aliphatic carbocycles. The number of rotatable bonds is 4. The van der Waals surface area contributed by atoms with Gasteiger partial charge in [0.25, 0.3) is 5.91 Å². The molecule has 2 heterocycles. The molecule has 0 unspecified atom stereocenters. The Hall–Kier alpha value is -2.28. The molecule has 1 aromatic heterocycles. The molecule has 1 atom stereocenters. The minimum atomic E-state index is -0.859. The van der Waals surface area contributed by atoms with Crippen molar-refractivity contribution in [2.45, 2.75) is 19.3 Å². The SMILES string of the molecule is O=C(O)[C@@H]1CCCN(C(=O)c2csc(Cc3ccc(F)cc3)n2)C1. The van der Waals surface area contributed by atoms with E-state index in [2.05, 4.69) is 4.98 Å². The number of nitrogens with zero attached hydrogens (tertiary/aromatic N) is 2. The molecule has 3 rings (SSSR count). The number of piperidine rings is 1. The third-order valence-electron chi connectivity index (χ3n) is 4.10. The summed E-state index contributed by atoms with van der Waals surface area (Å²) in [5.41, 5.74) is 1.27. The number of carbonyl (C=O) groups is 2. The second kappa shape index (κ2) is 7.09. The summed E-state index contributed by atoms with van der Waals surface area (Å²) in [5.74, 6) is -1.86. The summed E-state index contributed by atoms with van der Waals surface area (Å²) >= 11 is 1.38. The lowest BCUT2D eigenvalue weighted by Crippen LogP contribution is -2.42. The van der Waals surface area contributed by atoms with Crippen LogP contribution < -0.4 is 0 Å². The van der Waals surface area contributed by atoms with Crippen molar-refractivity contribution in [2.24, 2.45) is 5.92 Å². The Labute approximate surface area is 142 Å². The molecule has 0 radical (unpaired) electrons. The predicted molar refractivity (Wildman–Crippen MR) is 87.6 cm³/mol. The van der Waals surface area contributed by atoms with Gasteiger partial charge < -0.3 is 10.0 Å². The Morgan fingerprint density at radius 2 is 2.08 bits per heavy atom. The number of likely N-dealkylation sites (tertiary alicyclic amines) is 1. The number of hydrogen-bond donors (Lipinski definition) is 1. The van der Waals surface area contributed by atoms with E-state index < -0.39 is 11.9 Å². The summed E-state index contributed by atoms with van der Waals surface area (Å²) in [6, 6.07) is 6.18. The lowest BCUT2D eigenvalue weighted by atomic mass is 9.98. The van der Waals surface area contributed by atoms with Crippen LogP contribution in [0.2, 0.25) is 0 Å².